The summed E-state index contributed by atoms with van der Waals surface area (Å²) in [5.41, 5.74) is 0.452. The number of cyclic esters (lactones) is 1. The molecule has 0 spiro atoms. The summed E-state index contributed by atoms with van der Waals surface area (Å²) < 4.78 is 10.1. The van der Waals surface area contributed by atoms with E-state index in [-0.39, 0.29) is 0 Å². The molecule has 2 heterocycles. The Morgan fingerprint density at radius 3 is 3.00 bits per heavy atom. The van der Waals surface area contributed by atoms with Gasteiger partial charge in [0.05, 0.1) is 12.2 Å². The fourth-order valence-electron chi connectivity index (χ4n) is 1.42. The summed E-state index contributed by atoms with van der Waals surface area (Å²) in [5.74, 6) is -0.196. The van der Waals surface area contributed by atoms with Crippen molar-refractivity contribution >= 4 is 12.0 Å². The van der Waals surface area contributed by atoms with Crippen molar-refractivity contribution in [1.82, 2.24) is 10.3 Å². The molecule has 6 nitrogen and oxygen atoms in total. The topological polar surface area (TPSA) is 77.5 Å². The molecule has 1 aliphatic heterocycles. The van der Waals surface area contributed by atoms with Gasteiger partial charge in [0.15, 0.2) is 0 Å². The molecule has 2 rings (SSSR count). The molecule has 1 saturated heterocycles. The molecule has 0 saturated carbocycles. The minimum absolute atomic E-state index is 0.305. The van der Waals surface area contributed by atoms with E-state index in [2.05, 4.69) is 10.3 Å². The molecular weight excluding hydrogens is 212 g/mol. The minimum Gasteiger partial charge on any atom is -0.478 e. The third-order valence-corrected chi connectivity index (χ3v) is 2.05. The quantitative estimate of drug-likeness (QED) is 0.817. The van der Waals surface area contributed by atoms with Crippen LogP contribution in [0.25, 0.3) is 0 Å². The van der Waals surface area contributed by atoms with Crippen LogP contribution in [0, 0.1) is 0 Å². The summed E-state index contributed by atoms with van der Waals surface area (Å²) in [7, 11) is 0. The Kier molecular flexibility index (Phi) is 2.72. The van der Waals surface area contributed by atoms with E-state index < -0.39 is 18.1 Å². The molecule has 1 aliphatic rings. The smallest absolute Gasteiger partial charge is 0.415 e. The number of rotatable bonds is 3. The van der Waals surface area contributed by atoms with Gasteiger partial charge in [0.25, 0.3) is 5.91 Å². The van der Waals surface area contributed by atoms with Gasteiger partial charge in [-0.2, -0.15) is 0 Å². The summed E-state index contributed by atoms with van der Waals surface area (Å²) in [6, 6.07) is 3.29. The lowest BCUT2D eigenvalue weighted by Crippen LogP contribution is -2.20. The molecule has 1 aromatic rings. The van der Waals surface area contributed by atoms with E-state index in [1.54, 1.807) is 25.3 Å². The SMILES string of the molecule is CCOc1ncccc1C1OC(=O)NC1=O. The van der Waals surface area contributed by atoms with Crippen LogP contribution in [0.5, 0.6) is 5.88 Å². The zero-order valence-corrected chi connectivity index (χ0v) is 8.60. The highest BCUT2D eigenvalue weighted by molar-refractivity contribution is 6.00. The summed E-state index contributed by atoms with van der Waals surface area (Å²) in [5, 5.41) is 2.05. The largest absolute Gasteiger partial charge is 0.478 e. The van der Waals surface area contributed by atoms with Crippen molar-refractivity contribution in [2.24, 2.45) is 0 Å². The molecule has 2 amide bonds. The van der Waals surface area contributed by atoms with Crippen LogP contribution >= 0.6 is 0 Å². The van der Waals surface area contributed by atoms with Crippen molar-refractivity contribution in [2.45, 2.75) is 13.0 Å². The van der Waals surface area contributed by atoms with E-state index in [1.807, 2.05) is 0 Å². The Morgan fingerprint density at radius 2 is 2.38 bits per heavy atom. The number of amides is 2. The standard InChI is InChI=1S/C10H10N2O4/c1-2-15-9-6(4-3-5-11-9)7-8(13)12-10(14)16-7/h3-5,7H,2H2,1H3,(H,12,13,14). The van der Waals surface area contributed by atoms with E-state index in [9.17, 15) is 9.59 Å². The molecule has 1 atom stereocenters. The van der Waals surface area contributed by atoms with Gasteiger partial charge in [-0.25, -0.2) is 9.78 Å². The van der Waals surface area contributed by atoms with Gasteiger partial charge in [-0.15, -0.1) is 0 Å². The normalized spacial score (nSPS) is 19.2. The Bertz CT molecular complexity index is 433. The number of alkyl carbamates (subject to hydrolysis) is 1. The van der Waals surface area contributed by atoms with Gasteiger partial charge in [0.2, 0.25) is 12.0 Å². The molecule has 1 fully saturated rings. The van der Waals surface area contributed by atoms with Crippen LogP contribution in [0.4, 0.5) is 4.79 Å². The predicted octanol–water partition coefficient (Wildman–Crippen LogP) is 0.788. The van der Waals surface area contributed by atoms with Crippen molar-refractivity contribution in [3.63, 3.8) is 0 Å². The van der Waals surface area contributed by atoms with Gasteiger partial charge < -0.3 is 9.47 Å². The van der Waals surface area contributed by atoms with E-state index >= 15 is 0 Å². The number of carbonyl (C=O) groups excluding carboxylic acids is 2. The van der Waals surface area contributed by atoms with Gasteiger partial charge >= 0.3 is 6.09 Å². The van der Waals surface area contributed by atoms with Crippen molar-refractivity contribution < 1.29 is 19.1 Å². The van der Waals surface area contributed by atoms with E-state index in [4.69, 9.17) is 9.47 Å². The van der Waals surface area contributed by atoms with Crippen molar-refractivity contribution in [2.75, 3.05) is 6.61 Å². The first-order chi connectivity index (χ1) is 7.72. The Morgan fingerprint density at radius 1 is 1.56 bits per heavy atom. The monoisotopic (exact) mass is 222 g/mol. The first kappa shape index (κ1) is 10.4. The van der Waals surface area contributed by atoms with Crippen LogP contribution in [0.3, 0.4) is 0 Å². The maximum absolute atomic E-state index is 11.4. The van der Waals surface area contributed by atoms with Gasteiger partial charge in [-0.3, -0.25) is 10.1 Å². The Hall–Kier alpha value is -2.11. The average Bonchev–Trinajstić information content (AvgIpc) is 2.59. The molecule has 0 aromatic carbocycles. The van der Waals surface area contributed by atoms with Gasteiger partial charge in [-0.05, 0) is 19.1 Å². The third-order valence-electron chi connectivity index (χ3n) is 2.05. The number of aromatic nitrogens is 1. The molecular formula is C10H10N2O4. The van der Waals surface area contributed by atoms with Crippen LogP contribution < -0.4 is 10.1 Å². The molecule has 84 valence electrons. The zero-order valence-electron chi connectivity index (χ0n) is 8.60. The summed E-state index contributed by atoms with van der Waals surface area (Å²) in [6.45, 7) is 2.23. The molecule has 6 heteroatoms. The molecule has 0 radical (unpaired) electrons. The Labute approximate surface area is 91.6 Å². The maximum atomic E-state index is 11.4. The third kappa shape index (κ3) is 1.81. The average molecular weight is 222 g/mol. The second kappa shape index (κ2) is 4.18. The lowest BCUT2D eigenvalue weighted by molar-refractivity contribution is -0.123. The minimum atomic E-state index is -0.970. The first-order valence-corrected chi connectivity index (χ1v) is 4.81. The summed E-state index contributed by atoms with van der Waals surface area (Å²) >= 11 is 0. The number of imide groups is 1. The van der Waals surface area contributed by atoms with E-state index in [0.29, 0.717) is 18.1 Å². The lowest BCUT2D eigenvalue weighted by Gasteiger charge is -2.11. The molecule has 1 N–H and O–H groups in total. The summed E-state index contributed by atoms with van der Waals surface area (Å²) in [6.07, 6.45) is -0.174. The first-order valence-electron chi connectivity index (χ1n) is 4.81. The number of carbonyl (C=O) groups is 2. The van der Waals surface area contributed by atoms with Crippen molar-refractivity contribution in [3.8, 4) is 5.88 Å². The fourth-order valence-corrected chi connectivity index (χ4v) is 1.42. The number of nitrogens with one attached hydrogen (secondary N) is 1. The second-order valence-corrected chi connectivity index (χ2v) is 3.11. The number of ether oxygens (including phenoxy) is 2. The fraction of sp³-hybridized carbons (Fsp3) is 0.300. The number of pyridine rings is 1. The summed E-state index contributed by atoms with van der Waals surface area (Å²) in [4.78, 5) is 26.3. The second-order valence-electron chi connectivity index (χ2n) is 3.11. The highest BCUT2D eigenvalue weighted by Gasteiger charge is 2.35. The zero-order chi connectivity index (χ0) is 11.5. The molecule has 0 aliphatic carbocycles. The van der Waals surface area contributed by atoms with Crippen LogP contribution in [0.15, 0.2) is 18.3 Å². The highest BCUT2D eigenvalue weighted by Crippen LogP contribution is 2.28. The van der Waals surface area contributed by atoms with E-state index in [1.165, 1.54) is 0 Å². The van der Waals surface area contributed by atoms with E-state index in [0.717, 1.165) is 0 Å². The van der Waals surface area contributed by atoms with Crippen molar-refractivity contribution in [1.29, 1.82) is 0 Å². The molecule has 1 unspecified atom stereocenters. The molecule has 1 aromatic heterocycles. The van der Waals surface area contributed by atoms with Gasteiger partial charge in [0.1, 0.15) is 0 Å². The maximum Gasteiger partial charge on any atom is 0.415 e. The van der Waals surface area contributed by atoms with Crippen LogP contribution in [-0.2, 0) is 9.53 Å². The highest BCUT2D eigenvalue weighted by atomic mass is 16.6. The number of hydrogen-bond acceptors (Lipinski definition) is 5. The predicted molar refractivity (Wildman–Crippen MR) is 52.8 cm³/mol. The van der Waals surface area contributed by atoms with Crippen LogP contribution in [0.2, 0.25) is 0 Å². The Balaban J connectivity index is 2.32. The number of hydrogen-bond donors (Lipinski definition) is 1. The number of nitrogens with zero attached hydrogens (tertiary/aromatic N) is 1. The van der Waals surface area contributed by atoms with Crippen LogP contribution in [-0.4, -0.2) is 23.6 Å². The molecule has 16 heavy (non-hydrogen) atoms. The van der Waals surface area contributed by atoms with Crippen LogP contribution in [0.1, 0.15) is 18.6 Å². The lowest BCUT2D eigenvalue weighted by atomic mass is 10.1. The van der Waals surface area contributed by atoms with Crippen molar-refractivity contribution in [3.05, 3.63) is 23.9 Å². The van der Waals surface area contributed by atoms with Gasteiger partial charge in [-0.1, -0.05) is 0 Å². The molecule has 0 bridgehead atoms. The van der Waals surface area contributed by atoms with Gasteiger partial charge in [0, 0.05) is 6.20 Å².